The molecular formula is C34H48O8P2. The summed E-state index contributed by atoms with van der Waals surface area (Å²) < 4.78 is 48.4. The third-order valence-electron chi connectivity index (χ3n) is 6.84. The SMILES string of the molecule is CC(C)(C)c1cccc(OP(=O)(O)Oc2cccc(OP(=O)(O)Oc3cccc(C(C)(C)C)c3C(C)(C)C)c2)c1C(C)(C)C. The van der Waals surface area contributed by atoms with Crippen LogP contribution in [0.3, 0.4) is 0 Å². The second kappa shape index (κ2) is 12.2. The van der Waals surface area contributed by atoms with E-state index >= 15 is 0 Å². The van der Waals surface area contributed by atoms with Crippen LogP contribution in [0.2, 0.25) is 0 Å². The molecule has 0 aliphatic carbocycles. The van der Waals surface area contributed by atoms with Gasteiger partial charge in [0.25, 0.3) is 0 Å². The first-order chi connectivity index (χ1) is 19.8. The molecule has 0 spiro atoms. The van der Waals surface area contributed by atoms with Gasteiger partial charge in [-0.15, -0.1) is 0 Å². The second-order valence-electron chi connectivity index (χ2n) is 15.1. The Hall–Kier alpha value is -2.76. The highest BCUT2D eigenvalue weighted by atomic mass is 31.2. The van der Waals surface area contributed by atoms with Gasteiger partial charge in [-0.1, -0.05) is 113 Å². The van der Waals surface area contributed by atoms with Crippen molar-refractivity contribution in [3.63, 3.8) is 0 Å². The smallest absolute Gasteiger partial charge is 0.395 e. The van der Waals surface area contributed by atoms with Gasteiger partial charge in [0.05, 0.1) is 0 Å². The van der Waals surface area contributed by atoms with Crippen LogP contribution < -0.4 is 18.1 Å². The molecule has 44 heavy (non-hydrogen) atoms. The minimum absolute atomic E-state index is 0.0947. The van der Waals surface area contributed by atoms with Crippen molar-refractivity contribution in [1.29, 1.82) is 0 Å². The molecule has 8 nitrogen and oxygen atoms in total. The molecule has 0 heterocycles. The summed E-state index contributed by atoms with van der Waals surface area (Å²) in [5, 5.41) is 0. The third kappa shape index (κ3) is 9.14. The van der Waals surface area contributed by atoms with Crippen LogP contribution in [0.4, 0.5) is 0 Å². The maximum absolute atomic E-state index is 13.2. The molecule has 0 saturated carbocycles. The Kier molecular flexibility index (Phi) is 9.91. The Labute approximate surface area is 263 Å². The first kappa shape index (κ1) is 35.7. The van der Waals surface area contributed by atoms with Crippen molar-refractivity contribution < 1.29 is 37.0 Å². The first-order valence-corrected chi connectivity index (χ1v) is 17.6. The second-order valence-corrected chi connectivity index (χ2v) is 17.7. The van der Waals surface area contributed by atoms with E-state index in [0.29, 0.717) is 0 Å². The molecule has 0 amide bonds. The average molecular weight is 647 g/mol. The molecule has 0 aromatic heterocycles. The minimum Gasteiger partial charge on any atom is -0.395 e. The zero-order valence-electron chi connectivity index (χ0n) is 28.0. The lowest BCUT2D eigenvalue weighted by Gasteiger charge is -2.32. The molecule has 2 atom stereocenters. The van der Waals surface area contributed by atoms with E-state index in [4.69, 9.17) is 18.1 Å². The lowest BCUT2D eigenvalue weighted by atomic mass is 9.75. The maximum atomic E-state index is 13.2. The van der Waals surface area contributed by atoms with Crippen molar-refractivity contribution in [3.05, 3.63) is 82.9 Å². The van der Waals surface area contributed by atoms with Crippen LogP contribution in [-0.4, -0.2) is 9.79 Å². The summed E-state index contributed by atoms with van der Waals surface area (Å²) in [6.45, 7) is 24.4. The zero-order valence-corrected chi connectivity index (χ0v) is 29.8. The van der Waals surface area contributed by atoms with Crippen LogP contribution in [-0.2, 0) is 30.8 Å². The highest BCUT2D eigenvalue weighted by Crippen LogP contribution is 2.52. The molecule has 0 bridgehead atoms. The number of hydrogen-bond acceptors (Lipinski definition) is 6. The Morgan fingerprint density at radius 1 is 0.477 bits per heavy atom. The highest BCUT2D eigenvalue weighted by Gasteiger charge is 2.35. The van der Waals surface area contributed by atoms with Crippen molar-refractivity contribution in [2.24, 2.45) is 0 Å². The van der Waals surface area contributed by atoms with Crippen LogP contribution in [0, 0.1) is 0 Å². The molecule has 3 aromatic rings. The number of hydrogen-bond donors (Lipinski definition) is 2. The van der Waals surface area contributed by atoms with E-state index < -0.39 is 26.5 Å². The summed E-state index contributed by atoms with van der Waals surface area (Å²) in [5.41, 5.74) is 2.30. The summed E-state index contributed by atoms with van der Waals surface area (Å²) in [5.74, 6) is 0.289. The summed E-state index contributed by atoms with van der Waals surface area (Å²) in [4.78, 5) is 21.5. The summed E-state index contributed by atoms with van der Waals surface area (Å²) >= 11 is 0. The molecular weight excluding hydrogens is 598 g/mol. The Morgan fingerprint density at radius 2 is 0.795 bits per heavy atom. The fourth-order valence-electron chi connectivity index (χ4n) is 5.15. The molecule has 3 aromatic carbocycles. The van der Waals surface area contributed by atoms with E-state index in [2.05, 4.69) is 41.5 Å². The van der Waals surface area contributed by atoms with E-state index in [1.165, 1.54) is 24.3 Å². The van der Waals surface area contributed by atoms with Gasteiger partial charge < -0.3 is 18.1 Å². The first-order valence-electron chi connectivity index (χ1n) is 14.6. The minimum atomic E-state index is -4.70. The largest absolute Gasteiger partial charge is 0.584 e. The van der Waals surface area contributed by atoms with E-state index in [1.54, 1.807) is 24.3 Å². The Bertz CT molecular complexity index is 1470. The van der Waals surface area contributed by atoms with Crippen molar-refractivity contribution >= 4 is 15.6 Å². The van der Waals surface area contributed by atoms with Gasteiger partial charge >= 0.3 is 15.6 Å². The van der Waals surface area contributed by atoms with Crippen molar-refractivity contribution in [2.75, 3.05) is 0 Å². The van der Waals surface area contributed by atoms with Gasteiger partial charge in [0.15, 0.2) is 0 Å². The predicted octanol–water partition coefficient (Wildman–Crippen LogP) is 9.99. The van der Waals surface area contributed by atoms with Gasteiger partial charge in [-0.05, 0) is 57.1 Å². The topological polar surface area (TPSA) is 112 Å². The van der Waals surface area contributed by atoms with Crippen LogP contribution in [0.1, 0.15) is 105 Å². The molecule has 2 unspecified atom stereocenters. The van der Waals surface area contributed by atoms with Gasteiger partial charge in [0, 0.05) is 17.2 Å². The molecule has 242 valence electrons. The zero-order chi connectivity index (χ0) is 33.5. The summed E-state index contributed by atoms with van der Waals surface area (Å²) in [6.07, 6.45) is 0. The van der Waals surface area contributed by atoms with Crippen LogP contribution >= 0.6 is 15.6 Å². The van der Waals surface area contributed by atoms with Crippen LogP contribution in [0.25, 0.3) is 0 Å². The molecule has 0 fully saturated rings. The normalized spacial score (nSPS) is 15.6. The van der Waals surface area contributed by atoms with Gasteiger partial charge in [-0.25, -0.2) is 9.13 Å². The van der Waals surface area contributed by atoms with E-state index in [9.17, 15) is 18.9 Å². The van der Waals surface area contributed by atoms with E-state index in [0.717, 1.165) is 22.3 Å². The van der Waals surface area contributed by atoms with Crippen LogP contribution in [0.5, 0.6) is 23.0 Å². The molecule has 0 aliphatic rings. The molecule has 0 aliphatic heterocycles. The van der Waals surface area contributed by atoms with Crippen molar-refractivity contribution in [3.8, 4) is 23.0 Å². The molecule has 0 radical (unpaired) electrons. The number of phosphoric acid groups is 2. The fraction of sp³-hybridized carbons (Fsp3) is 0.471. The van der Waals surface area contributed by atoms with E-state index in [1.807, 2.05) is 53.7 Å². The average Bonchev–Trinajstić information content (AvgIpc) is 2.80. The highest BCUT2D eigenvalue weighted by molar-refractivity contribution is 7.48. The number of benzene rings is 3. The van der Waals surface area contributed by atoms with Gasteiger partial charge in [-0.3, -0.25) is 9.79 Å². The van der Waals surface area contributed by atoms with E-state index in [-0.39, 0.29) is 33.8 Å². The van der Waals surface area contributed by atoms with Crippen molar-refractivity contribution in [1.82, 2.24) is 0 Å². The number of rotatable bonds is 8. The summed E-state index contributed by atoms with van der Waals surface area (Å²) in [6, 6.07) is 16.3. The molecule has 2 N–H and O–H groups in total. The van der Waals surface area contributed by atoms with Gasteiger partial charge in [0.2, 0.25) is 0 Å². The maximum Gasteiger partial charge on any atom is 0.584 e. The molecule has 3 rings (SSSR count). The van der Waals surface area contributed by atoms with Gasteiger partial charge in [-0.2, -0.15) is 0 Å². The lowest BCUT2D eigenvalue weighted by molar-refractivity contribution is 0.285. The standard InChI is InChI=1S/C34H48O8P2/c1-31(2,3)25-18-14-20-27(29(25)33(7,8)9)41-43(35,36)39-23-16-13-17-24(22-23)40-44(37,38)42-28-21-15-19-26(32(4,5)6)30(28)34(10,11)12/h13-22H,1-12H3,(H,35,36)(H,37,38). The third-order valence-corrected chi connectivity index (χ3v) is 8.58. The Morgan fingerprint density at radius 3 is 1.09 bits per heavy atom. The molecule has 10 heteroatoms. The quantitative estimate of drug-likeness (QED) is 0.233. The van der Waals surface area contributed by atoms with Crippen molar-refractivity contribution in [2.45, 2.75) is 105 Å². The fourth-order valence-corrected chi connectivity index (χ4v) is 6.79. The monoisotopic (exact) mass is 646 g/mol. The predicted molar refractivity (Wildman–Crippen MR) is 176 cm³/mol. The van der Waals surface area contributed by atoms with Crippen LogP contribution in [0.15, 0.2) is 60.7 Å². The Balaban J connectivity index is 1.88. The lowest BCUT2D eigenvalue weighted by Crippen LogP contribution is -2.23. The molecule has 0 saturated heterocycles. The van der Waals surface area contributed by atoms with Gasteiger partial charge in [0.1, 0.15) is 23.0 Å². The number of phosphoric ester groups is 2. The summed E-state index contributed by atoms with van der Waals surface area (Å²) in [7, 11) is -9.39.